The Morgan fingerprint density at radius 2 is 2.25 bits per heavy atom. The van der Waals surface area contributed by atoms with Gasteiger partial charge in [-0.15, -0.1) is 49.7 Å². The van der Waals surface area contributed by atoms with Crippen molar-refractivity contribution in [3.8, 4) is 0 Å². The van der Waals surface area contributed by atoms with Crippen LogP contribution in [0.4, 0.5) is 5.13 Å². The van der Waals surface area contributed by atoms with Crippen LogP contribution in [0.3, 0.4) is 0 Å². The number of nitrogens with two attached hydrogens (primary N) is 1. The molecule has 0 radical (unpaired) electrons. The first kappa shape index (κ1) is 24.0. The summed E-state index contributed by atoms with van der Waals surface area (Å²) >= 11 is 3.82. The number of oxime groups is 1. The van der Waals surface area contributed by atoms with Gasteiger partial charge in [0.1, 0.15) is 41.3 Å². The fourth-order valence-electron chi connectivity index (χ4n) is 3.64. The van der Waals surface area contributed by atoms with Gasteiger partial charge in [-0.1, -0.05) is 5.16 Å². The molecule has 0 bridgehead atoms. The zero-order chi connectivity index (χ0) is 25.4. The van der Waals surface area contributed by atoms with E-state index in [0.29, 0.717) is 27.8 Å². The van der Waals surface area contributed by atoms with Gasteiger partial charge in [-0.25, -0.2) is 14.8 Å². The maximum absolute atomic E-state index is 13.0. The molecule has 5 heterocycles. The molecule has 4 N–H and O–H groups in total. The van der Waals surface area contributed by atoms with Crippen LogP contribution in [-0.4, -0.2) is 88.3 Å². The molecular formula is C19H17N9O5S3. The molecule has 17 heteroatoms. The Hall–Kier alpha value is -3.70. The third kappa shape index (κ3) is 4.35. The second-order valence-corrected chi connectivity index (χ2v) is 10.4. The zero-order valence-electron chi connectivity index (χ0n) is 18.4. The van der Waals surface area contributed by atoms with Crippen LogP contribution in [0.1, 0.15) is 5.69 Å². The number of β-lactam (4-membered cyclic amide) rings is 1. The number of hydrogen-bond acceptors (Lipinski definition) is 13. The van der Waals surface area contributed by atoms with Gasteiger partial charge in [0.25, 0.3) is 11.8 Å². The molecule has 2 atom stereocenters. The molecule has 0 aromatic carbocycles. The van der Waals surface area contributed by atoms with Crippen molar-refractivity contribution in [2.24, 2.45) is 5.16 Å². The lowest BCUT2D eigenvalue weighted by atomic mass is 10.0. The number of thiazole rings is 1. The molecule has 36 heavy (non-hydrogen) atoms. The molecule has 186 valence electrons. The van der Waals surface area contributed by atoms with E-state index in [-0.39, 0.29) is 22.2 Å². The van der Waals surface area contributed by atoms with Crippen LogP contribution >= 0.6 is 34.9 Å². The lowest BCUT2D eigenvalue weighted by molar-refractivity contribution is -0.150. The second-order valence-electron chi connectivity index (χ2n) is 7.38. The Morgan fingerprint density at radius 3 is 2.97 bits per heavy atom. The summed E-state index contributed by atoms with van der Waals surface area (Å²) in [5.41, 5.74) is 6.80. The minimum atomic E-state index is -1.21. The number of hydrogen-bond donors (Lipinski definition) is 3. The van der Waals surface area contributed by atoms with E-state index in [2.05, 4.69) is 30.6 Å². The van der Waals surface area contributed by atoms with Crippen molar-refractivity contribution < 1.29 is 24.3 Å². The normalized spacial score (nSPS) is 19.8. The van der Waals surface area contributed by atoms with Crippen LogP contribution in [0, 0.1) is 0 Å². The Labute approximate surface area is 215 Å². The van der Waals surface area contributed by atoms with Gasteiger partial charge in [-0.2, -0.15) is 0 Å². The van der Waals surface area contributed by atoms with E-state index in [4.69, 9.17) is 10.6 Å². The van der Waals surface area contributed by atoms with E-state index in [1.807, 2.05) is 0 Å². The minimum absolute atomic E-state index is 0.0818. The summed E-state index contributed by atoms with van der Waals surface area (Å²) in [7, 11) is 1.28. The van der Waals surface area contributed by atoms with Crippen molar-refractivity contribution >= 4 is 69.1 Å². The van der Waals surface area contributed by atoms with Crippen molar-refractivity contribution in [1.82, 2.24) is 35.0 Å². The summed E-state index contributed by atoms with van der Waals surface area (Å²) < 4.78 is 1.38. The first-order valence-corrected chi connectivity index (χ1v) is 13.1. The van der Waals surface area contributed by atoms with Crippen LogP contribution in [0.2, 0.25) is 0 Å². The van der Waals surface area contributed by atoms with Gasteiger partial charge in [0.05, 0.1) is 0 Å². The first-order chi connectivity index (χ1) is 17.4. The lowest BCUT2D eigenvalue weighted by Crippen LogP contribution is -2.71. The number of aliphatic carboxylic acids is 1. The molecule has 5 rings (SSSR count). The number of carbonyl (C=O) groups is 3. The van der Waals surface area contributed by atoms with Crippen molar-refractivity contribution in [3.05, 3.63) is 40.8 Å². The van der Waals surface area contributed by atoms with E-state index in [0.717, 1.165) is 11.3 Å². The number of carbonyl (C=O) groups excluding carboxylic acids is 2. The molecule has 14 nitrogen and oxygen atoms in total. The molecule has 3 aromatic heterocycles. The number of anilines is 1. The molecule has 0 spiro atoms. The maximum atomic E-state index is 13.0. The number of rotatable bonds is 8. The topological polar surface area (TPSA) is 190 Å². The highest BCUT2D eigenvalue weighted by molar-refractivity contribution is 8.01. The highest BCUT2D eigenvalue weighted by Gasteiger charge is 2.54. The molecule has 2 aliphatic rings. The molecule has 1 fully saturated rings. The van der Waals surface area contributed by atoms with Gasteiger partial charge < -0.3 is 21.0 Å². The van der Waals surface area contributed by atoms with Crippen LogP contribution in [0.5, 0.6) is 0 Å². The number of fused-ring (bicyclic) bond motifs is 2. The van der Waals surface area contributed by atoms with Crippen LogP contribution in [0.25, 0.3) is 5.65 Å². The van der Waals surface area contributed by atoms with E-state index in [1.165, 1.54) is 46.5 Å². The monoisotopic (exact) mass is 547 g/mol. The number of carboxylic acids is 1. The van der Waals surface area contributed by atoms with E-state index in [9.17, 15) is 19.5 Å². The summed E-state index contributed by atoms with van der Waals surface area (Å²) in [6.45, 7) is 0. The number of thioether (sulfide) groups is 2. The van der Waals surface area contributed by atoms with E-state index < -0.39 is 29.2 Å². The highest BCUT2D eigenvalue weighted by Crippen LogP contribution is 2.41. The highest BCUT2D eigenvalue weighted by atomic mass is 32.2. The predicted molar refractivity (Wildman–Crippen MR) is 131 cm³/mol. The van der Waals surface area contributed by atoms with Gasteiger partial charge in [0, 0.05) is 16.9 Å². The van der Waals surface area contributed by atoms with Crippen LogP contribution in [-0.2, 0) is 19.2 Å². The van der Waals surface area contributed by atoms with Crippen molar-refractivity contribution in [2.45, 2.75) is 16.4 Å². The molecule has 0 unspecified atom stereocenters. The standard InChI is InChI=1S/C19H17N9O5S3/c1-33-26-12(9-6-36-19(20)23-9)15(29)24-13-16(30)27-14(18(31)32)8(5-35-17(13)27)4-34-11-3-2-10-21-7-22-28(10)25-11/h2-3,6-7,13,17H,4-5H2,1H3,(H2,20,23)(H,24,29)(H,31,32)/b26-12-/t13-,17+/m1/s1. The molecule has 0 saturated carbocycles. The third-order valence-electron chi connectivity index (χ3n) is 5.22. The fourth-order valence-corrected chi connectivity index (χ4v) is 6.52. The van der Waals surface area contributed by atoms with Crippen molar-refractivity contribution in [2.75, 3.05) is 24.3 Å². The molecular weight excluding hydrogens is 530 g/mol. The molecule has 1 saturated heterocycles. The number of nitrogens with zero attached hydrogens (tertiary/aromatic N) is 7. The Bertz CT molecular complexity index is 1430. The molecule has 2 aliphatic heterocycles. The summed E-state index contributed by atoms with van der Waals surface area (Å²) in [4.78, 5) is 51.9. The fraction of sp³-hybridized carbons (Fsp3) is 0.263. The molecule has 3 aromatic rings. The summed E-state index contributed by atoms with van der Waals surface area (Å²) in [6.07, 6.45) is 1.39. The van der Waals surface area contributed by atoms with Gasteiger partial charge in [-0.3, -0.25) is 14.5 Å². The Kier molecular flexibility index (Phi) is 6.50. The second kappa shape index (κ2) is 9.75. The average molecular weight is 548 g/mol. The summed E-state index contributed by atoms with van der Waals surface area (Å²) in [6, 6.07) is 2.60. The SMILES string of the molecule is CO/N=C(\C(=O)N[C@@H]1C(=O)N2C(C(=O)O)=C(CSc3ccc4ncnn4n3)CS[C@@H]12)c1csc(N)n1. The number of nitrogen functional groups attached to an aromatic ring is 1. The Balaban J connectivity index is 1.30. The smallest absolute Gasteiger partial charge is 0.352 e. The quantitative estimate of drug-likeness (QED) is 0.149. The summed E-state index contributed by atoms with van der Waals surface area (Å²) in [5, 5.41) is 26.4. The van der Waals surface area contributed by atoms with E-state index in [1.54, 1.807) is 17.5 Å². The van der Waals surface area contributed by atoms with Gasteiger partial charge in [0.2, 0.25) is 0 Å². The van der Waals surface area contributed by atoms with Gasteiger partial charge in [0.15, 0.2) is 16.5 Å². The first-order valence-electron chi connectivity index (χ1n) is 10.2. The van der Waals surface area contributed by atoms with Crippen LogP contribution < -0.4 is 11.1 Å². The Morgan fingerprint density at radius 1 is 1.42 bits per heavy atom. The number of amides is 2. The molecule has 0 aliphatic carbocycles. The number of carboxylic acid groups (broad SMARTS) is 1. The minimum Gasteiger partial charge on any atom is -0.477 e. The largest absolute Gasteiger partial charge is 0.477 e. The zero-order valence-corrected chi connectivity index (χ0v) is 20.8. The third-order valence-corrected chi connectivity index (χ3v) is 8.24. The van der Waals surface area contributed by atoms with Crippen molar-refractivity contribution in [3.63, 3.8) is 0 Å². The van der Waals surface area contributed by atoms with Crippen molar-refractivity contribution in [1.29, 1.82) is 0 Å². The predicted octanol–water partition coefficient (Wildman–Crippen LogP) is 0.0444. The van der Waals surface area contributed by atoms with Crippen LogP contribution in [0.15, 0.2) is 45.3 Å². The lowest BCUT2D eigenvalue weighted by Gasteiger charge is -2.49. The van der Waals surface area contributed by atoms with Gasteiger partial charge >= 0.3 is 5.97 Å². The maximum Gasteiger partial charge on any atom is 0.352 e. The van der Waals surface area contributed by atoms with Gasteiger partial charge in [-0.05, 0) is 17.7 Å². The van der Waals surface area contributed by atoms with E-state index >= 15 is 0 Å². The number of aromatic nitrogens is 5. The summed E-state index contributed by atoms with van der Waals surface area (Å²) in [5.74, 6) is -1.75. The molecule has 2 amide bonds. The average Bonchev–Trinajstić information content (AvgIpc) is 3.51. The number of nitrogens with one attached hydrogen (secondary N) is 1.